The lowest BCUT2D eigenvalue weighted by Gasteiger charge is -2.14. The van der Waals surface area contributed by atoms with Crippen molar-refractivity contribution in [1.82, 2.24) is 0 Å². The van der Waals surface area contributed by atoms with Crippen molar-refractivity contribution in [3.05, 3.63) is 29.3 Å². The number of nitrogens with two attached hydrogens (primary N) is 1. The van der Waals surface area contributed by atoms with Gasteiger partial charge in [0.2, 0.25) is 5.91 Å². The number of amides is 1. The van der Waals surface area contributed by atoms with Crippen LogP contribution in [-0.4, -0.2) is 17.0 Å². The van der Waals surface area contributed by atoms with Crippen LogP contribution in [0.25, 0.3) is 0 Å². The highest BCUT2D eigenvalue weighted by atomic mass is 16.4. The Morgan fingerprint density at radius 1 is 1.35 bits per heavy atom. The number of nitrogens with zero attached hydrogens (tertiary/aromatic N) is 1. The molecule has 3 rings (SSSR count). The second-order valence-corrected chi connectivity index (χ2v) is 5.93. The first kappa shape index (κ1) is 13.0. The molecule has 106 valence electrons. The average Bonchev–Trinajstić information content (AvgIpc) is 3.06. The predicted octanol–water partition coefficient (Wildman–Crippen LogP) is 2.07. The van der Waals surface area contributed by atoms with Gasteiger partial charge in [0.1, 0.15) is 0 Å². The second-order valence-electron chi connectivity index (χ2n) is 5.93. The Morgan fingerprint density at radius 2 is 2.05 bits per heavy atom. The molecule has 2 aliphatic carbocycles. The third-order valence-corrected chi connectivity index (χ3v) is 4.51. The molecule has 0 spiro atoms. The largest absolute Gasteiger partial charge is 0.409 e. The number of hydrogen-bond acceptors (Lipinski definition) is 3. The van der Waals surface area contributed by atoms with Gasteiger partial charge in [-0.2, -0.15) is 0 Å². The molecule has 2 unspecified atom stereocenters. The van der Waals surface area contributed by atoms with E-state index in [1.54, 1.807) is 12.1 Å². The molecule has 2 saturated carbocycles. The van der Waals surface area contributed by atoms with Crippen molar-refractivity contribution in [2.24, 2.45) is 28.6 Å². The Hall–Kier alpha value is -2.04. The molecule has 1 aromatic carbocycles. The molecule has 2 fully saturated rings. The summed E-state index contributed by atoms with van der Waals surface area (Å²) in [7, 11) is 0. The van der Waals surface area contributed by atoms with Crippen molar-refractivity contribution in [2.75, 3.05) is 5.32 Å². The summed E-state index contributed by atoms with van der Waals surface area (Å²) in [5, 5.41) is 14.7. The number of hydrogen-bond donors (Lipinski definition) is 3. The molecule has 20 heavy (non-hydrogen) atoms. The molecular weight excluding hydrogens is 254 g/mol. The number of benzene rings is 1. The molecule has 5 heteroatoms. The van der Waals surface area contributed by atoms with Crippen LogP contribution in [-0.2, 0) is 4.79 Å². The van der Waals surface area contributed by atoms with E-state index in [0.717, 1.165) is 35.9 Å². The number of carbonyl (C=O) groups excluding carboxylic acids is 1. The first-order chi connectivity index (χ1) is 9.58. The predicted molar refractivity (Wildman–Crippen MR) is 76.6 cm³/mol. The fraction of sp³-hybridized carbons (Fsp3) is 0.467. The zero-order valence-electron chi connectivity index (χ0n) is 11.5. The van der Waals surface area contributed by atoms with Crippen molar-refractivity contribution in [3.8, 4) is 0 Å². The number of oxime groups is 1. The number of anilines is 1. The molecule has 2 atom stereocenters. The SMILES string of the molecule is Cc1ccc(/C(N)=N/O)cc1NC(=O)C1CC2CC2C1. The van der Waals surface area contributed by atoms with Crippen LogP contribution < -0.4 is 11.1 Å². The van der Waals surface area contributed by atoms with Gasteiger partial charge in [-0.05, 0) is 49.7 Å². The zero-order valence-corrected chi connectivity index (χ0v) is 11.5. The molecule has 1 aromatic rings. The highest BCUT2D eigenvalue weighted by Crippen LogP contribution is 2.54. The van der Waals surface area contributed by atoms with Gasteiger partial charge in [0, 0.05) is 17.2 Å². The van der Waals surface area contributed by atoms with Crippen LogP contribution in [0.15, 0.2) is 23.4 Å². The van der Waals surface area contributed by atoms with E-state index in [1.807, 2.05) is 13.0 Å². The van der Waals surface area contributed by atoms with Crippen molar-refractivity contribution in [2.45, 2.75) is 26.2 Å². The lowest BCUT2D eigenvalue weighted by atomic mass is 10.0. The molecule has 4 N–H and O–H groups in total. The first-order valence-electron chi connectivity index (χ1n) is 6.98. The van der Waals surface area contributed by atoms with Gasteiger partial charge in [0.05, 0.1) is 0 Å². The van der Waals surface area contributed by atoms with E-state index < -0.39 is 0 Å². The molecule has 5 nitrogen and oxygen atoms in total. The number of fused-ring (bicyclic) bond motifs is 1. The summed E-state index contributed by atoms with van der Waals surface area (Å²) < 4.78 is 0. The van der Waals surface area contributed by atoms with Crippen LogP contribution in [0.3, 0.4) is 0 Å². The lowest BCUT2D eigenvalue weighted by Crippen LogP contribution is -2.22. The van der Waals surface area contributed by atoms with Crippen molar-refractivity contribution in [3.63, 3.8) is 0 Å². The number of rotatable bonds is 3. The van der Waals surface area contributed by atoms with Gasteiger partial charge in [0.25, 0.3) is 0 Å². The Labute approximate surface area is 117 Å². The third-order valence-electron chi connectivity index (χ3n) is 4.51. The smallest absolute Gasteiger partial charge is 0.227 e. The Bertz CT molecular complexity index is 572. The maximum absolute atomic E-state index is 12.3. The van der Waals surface area contributed by atoms with E-state index >= 15 is 0 Å². The molecular formula is C15H19N3O2. The first-order valence-corrected chi connectivity index (χ1v) is 6.98. The zero-order chi connectivity index (χ0) is 14.3. The number of amidine groups is 1. The standard InChI is InChI=1S/C15H19N3O2/c1-8-2-3-9(14(16)18-20)7-13(8)17-15(19)12-5-10-4-11(10)6-12/h2-3,7,10-12,20H,4-6H2,1H3,(H2,16,18)(H,17,19). The molecule has 1 amide bonds. The van der Waals surface area contributed by atoms with Crippen LogP contribution in [0.1, 0.15) is 30.4 Å². The summed E-state index contributed by atoms with van der Waals surface area (Å²) in [5.41, 5.74) is 7.88. The number of nitrogens with one attached hydrogen (secondary N) is 1. The Kier molecular flexibility index (Phi) is 3.12. The number of carbonyl (C=O) groups is 1. The summed E-state index contributed by atoms with van der Waals surface area (Å²) in [6, 6.07) is 5.37. The molecule has 0 aromatic heterocycles. The summed E-state index contributed by atoms with van der Waals surface area (Å²) in [6.45, 7) is 1.93. The molecule has 0 saturated heterocycles. The van der Waals surface area contributed by atoms with E-state index in [4.69, 9.17) is 10.9 Å². The minimum atomic E-state index is 0.0441. The van der Waals surface area contributed by atoms with E-state index in [-0.39, 0.29) is 17.7 Å². The maximum Gasteiger partial charge on any atom is 0.227 e. The summed E-state index contributed by atoms with van der Waals surface area (Å²) in [6.07, 6.45) is 3.35. The maximum atomic E-state index is 12.3. The average molecular weight is 273 g/mol. The highest BCUT2D eigenvalue weighted by molar-refractivity contribution is 6.00. The van der Waals surface area contributed by atoms with Crippen LogP contribution in [0, 0.1) is 24.7 Å². The van der Waals surface area contributed by atoms with Crippen LogP contribution in [0.5, 0.6) is 0 Å². The van der Waals surface area contributed by atoms with Crippen molar-refractivity contribution >= 4 is 17.4 Å². The van der Waals surface area contributed by atoms with Crippen molar-refractivity contribution in [1.29, 1.82) is 0 Å². The van der Waals surface area contributed by atoms with Gasteiger partial charge in [-0.25, -0.2) is 0 Å². The second kappa shape index (κ2) is 4.81. The van der Waals surface area contributed by atoms with E-state index in [1.165, 1.54) is 6.42 Å². The minimum Gasteiger partial charge on any atom is -0.409 e. The number of aryl methyl sites for hydroxylation is 1. The van der Waals surface area contributed by atoms with Gasteiger partial charge in [-0.1, -0.05) is 17.3 Å². The fourth-order valence-electron chi connectivity index (χ4n) is 3.14. The molecule has 0 heterocycles. The Morgan fingerprint density at radius 3 is 2.70 bits per heavy atom. The van der Waals surface area contributed by atoms with Crippen LogP contribution in [0.2, 0.25) is 0 Å². The monoisotopic (exact) mass is 273 g/mol. The summed E-state index contributed by atoms with van der Waals surface area (Å²) in [4.78, 5) is 12.3. The van der Waals surface area contributed by atoms with E-state index in [9.17, 15) is 4.79 Å². The van der Waals surface area contributed by atoms with Crippen molar-refractivity contribution < 1.29 is 10.0 Å². The molecule has 0 bridgehead atoms. The van der Waals surface area contributed by atoms with Gasteiger partial charge >= 0.3 is 0 Å². The third kappa shape index (κ3) is 2.35. The molecule has 2 aliphatic rings. The van der Waals surface area contributed by atoms with Gasteiger partial charge < -0.3 is 16.3 Å². The molecule has 0 radical (unpaired) electrons. The van der Waals surface area contributed by atoms with E-state index in [2.05, 4.69) is 10.5 Å². The lowest BCUT2D eigenvalue weighted by molar-refractivity contribution is -0.120. The fourth-order valence-corrected chi connectivity index (χ4v) is 3.14. The minimum absolute atomic E-state index is 0.0441. The van der Waals surface area contributed by atoms with E-state index in [0.29, 0.717) is 5.56 Å². The van der Waals surface area contributed by atoms with Gasteiger partial charge in [0.15, 0.2) is 5.84 Å². The van der Waals surface area contributed by atoms with Crippen LogP contribution >= 0.6 is 0 Å². The Balaban J connectivity index is 1.74. The summed E-state index contributed by atoms with van der Waals surface area (Å²) >= 11 is 0. The highest BCUT2D eigenvalue weighted by Gasteiger charge is 2.47. The summed E-state index contributed by atoms with van der Waals surface area (Å²) in [5.74, 6) is 1.86. The normalized spacial score (nSPS) is 28.1. The quantitative estimate of drug-likeness (QED) is 0.341. The molecule has 0 aliphatic heterocycles. The topological polar surface area (TPSA) is 87.7 Å². The van der Waals surface area contributed by atoms with Crippen LogP contribution in [0.4, 0.5) is 5.69 Å². The van der Waals surface area contributed by atoms with Gasteiger partial charge in [-0.15, -0.1) is 0 Å². The van der Waals surface area contributed by atoms with Gasteiger partial charge in [-0.3, -0.25) is 4.79 Å².